The van der Waals surface area contributed by atoms with Crippen molar-refractivity contribution in [3.05, 3.63) is 28.7 Å². The smallest absolute Gasteiger partial charge is 0.326 e. The summed E-state index contributed by atoms with van der Waals surface area (Å²) in [5.41, 5.74) is 7.29. The minimum Gasteiger partial charge on any atom is -0.399 e. The summed E-state index contributed by atoms with van der Waals surface area (Å²) >= 11 is 0. The van der Waals surface area contributed by atoms with Crippen molar-refractivity contribution in [3.8, 4) is 0 Å². The summed E-state index contributed by atoms with van der Waals surface area (Å²) in [6.45, 7) is 0. The summed E-state index contributed by atoms with van der Waals surface area (Å²) in [4.78, 5) is 14.6. The van der Waals surface area contributed by atoms with Crippen LogP contribution < -0.4 is 11.4 Å². The molecule has 0 spiro atoms. The van der Waals surface area contributed by atoms with E-state index in [1.165, 1.54) is 4.57 Å². The fourth-order valence-corrected chi connectivity index (χ4v) is 4.19. The topological polar surface area (TPSA) is 97.9 Å². The zero-order valence-corrected chi connectivity index (χ0v) is 10.4. The molecular formula is C11H13N3O3S. The molecule has 0 amide bonds. The van der Waals surface area contributed by atoms with Gasteiger partial charge in [-0.15, -0.1) is 0 Å². The van der Waals surface area contributed by atoms with E-state index in [9.17, 15) is 13.2 Å². The highest BCUT2D eigenvalue weighted by Crippen LogP contribution is 2.26. The van der Waals surface area contributed by atoms with Crippen LogP contribution in [0.3, 0.4) is 0 Å². The maximum Gasteiger partial charge on any atom is 0.326 e. The van der Waals surface area contributed by atoms with Crippen molar-refractivity contribution in [1.82, 2.24) is 9.55 Å². The molecule has 1 saturated heterocycles. The lowest BCUT2D eigenvalue weighted by molar-refractivity contribution is 0.554. The number of nitrogens with one attached hydrogen (secondary N) is 1. The first-order valence-electron chi connectivity index (χ1n) is 5.66. The SMILES string of the molecule is Nc1ccc2c(c1)[nH]c(=O)n2C1CCS(=O)(=O)C1. The highest BCUT2D eigenvalue weighted by Gasteiger charge is 2.31. The van der Waals surface area contributed by atoms with Crippen molar-refractivity contribution in [2.24, 2.45) is 0 Å². The Morgan fingerprint density at radius 1 is 1.39 bits per heavy atom. The number of anilines is 1. The number of fused-ring (bicyclic) bond motifs is 1. The molecule has 1 aromatic heterocycles. The zero-order chi connectivity index (χ0) is 12.9. The number of sulfone groups is 1. The number of hydrogen-bond donors (Lipinski definition) is 2. The third-order valence-electron chi connectivity index (χ3n) is 3.31. The van der Waals surface area contributed by atoms with Gasteiger partial charge in [0.15, 0.2) is 9.84 Å². The van der Waals surface area contributed by atoms with Crippen molar-refractivity contribution in [1.29, 1.82) is 0 Å². The highest BCUT2D eigenvalue weighted by molar-refractivity contribution is 7.91. The van der Waals surface area contributed by atoms with Crippen LogP contribution in [0, 0.1) is 0 Å². The number of imidazole rings is 1. The van der Waals surface area contributed by atoms with E-state index in [2.05, 4.69) is 4.98 Å². The van der Waals surface area contributed by atoms with Crippen molar-refractivity contribution in [2.45, 2.75) is 12.5 Å². The van der Waals surface area contributed by atoms with Gasteiger partial charge >= 0.3 is 5.69 Å². The molecule has 96 valence electrons. The molecule has 2 aromatic rings. The van der Waals surface area contributed by atoms with Gasteiger partial charge in [-0.2, -0.15) is 0 Å². The maximum atomic E-state index is 11.9. The Labute approximate surface area is 103 Å². The number of aromatic amines is 1. The molecule has 0 radical (unpaired) electrons. The second-order valence-corrected chi connectivity index (χ2v) is 6.86. The average molecular weight is 267 g/mol. The predicted molar refractivity (Wildman–Crippen MR) is 69.3 cm³/mol. The van der Waals surface area contributed by atoms with Gasteiger partial charge in [0.25, 0.3) is 0 Å². The average Bonchev–Trinajstić information content (AvgIpc) is 2.77. The fourth-order valence-electron chi connectivity index (χ4n) is 2.49. The van der Waals surface area contributed by atoms with E-state index in [0.29, 0.717) is 23.1 Å². The first-order valence-corrected chi connectivity index (χ1v) is 7.48. The molecule has 0 saturated carbocycles. The number of aromatic nitrogens is 2. The Morgan fingerprint density at radius 2 is 2.17 bits per heavy atom. The molecule has 0 bridgehead atoms. The molecule has 18 heavy (non-hydrogen) atoms. The number of nitrogen functional groups attached to an aromatic ring is 1. The van der Waals surface area contributed by atoms with Crippen LogP contribution >= 0.6 is 0 Å². The summed E-state index contributed by atoms with van der Waals surface area (Å²) in [6.07, 6.45) is 0.486. The third kappa shape index (κ3) is 1.71. The lowest BCUT2D eigenvalue weighted by atomic mass is 10.2. The lowest BCUT2D eigenvalue weighted by Crippen LogP contribution is -2.23. The molecule has 1 aromatic carbocycles. The summed E-state index contributed by atoms with van der Waals surface area (Å²) in [5, 5.41) is 0. The van der Waals surface area contributed by atoms with Crippen LogP contribution in [-0.2, 0) is 9.84 Å². The van der Waals surface area contributed by atoms with E-state index in [1.54, 1.807) is 18.2 Å². The van der Waals surface area contributed by atoms with E-state index in [-0.39, 0.29) is 23.2 Å². The molecule has 3 N–H and O–H groups in total. The molecule has 1 unspecified atom stereocenters. The third-order valence-corrected chi connectivity index (χ3v) is 5.06. The van der Waals surface area contributed by atoms with Gasteiger partial charge in [-0.3, -0.25) is 4.57 Å². The van der Waals surface area contributed by atoms with Gasteiger partial charge in [0, 0.05) is 5.69 Å². The van der Waals surface area contributed by atoms with Gasteiger partial charge in [0.2, 0.25) is 0 Å². The Bertz CT molecular complexity index is 772. The van der Waals surface area contributed by atoms with Crippen LogP contribution in [0.15, 0.2) is 23.0 Å². The molecule has 1 aliphatic heterocycles. The number of nitrogens with zero attached hydrogens (tertiary/aromatic N) is 1. The molecular weight excluding hydrogens is 254 g/mol. The Hall–Kier alpha value is -1.76. The predicted octanol–water partition coefficient (Wildman–Crippen LogP) is 0.271. The summed E-state index contributed by atoms with van der Waals surface area (Å²) < 4.78 is 24.5. The summed E-state index contributed by atoms with van der Waals surface area (Å²) in [7, 11) is -3.01. The van der Waals surface area contributed by atoms with Crippen molar-refractivity contribution < 1.29 is 8.42 Å². The van der Waals surface area contributed by atoms with Crippen LogP contribution in [0.4, 0.5) is 5.69 Å². The molecule has 7 heteroatoms. The molecule has 0 aliphatic carbocycles. The standard InChI is InChI=1S/C11H13N3O3S/c12-7-1-2-10-9(5-7)13-11(15)14(10)8-3-4-18(16,17)6-8/h1-2,5,8H,3-4,6,12H2,(H,13,15). The monoisotopic (exact) mass is 267 g/mol. The molecule has 1 fully saturated rings. The first kappa shape index (κ1) is 11.3. The Balaban J connectivity index is 2.18. The van der Waals surface area contributed by atoms with Crippen molar-refractivity contribution >= 4 is 26.6 Å². The van der Waals surface area contributed by atoms with Gasteiger partial charge in [-0.1, -0.05) is 0 Å². The lowest BCUT2D eigenvalue weighted by Gasteiger charge is -2.09. The molecule has 3 rings (SSSR count). The van der Waals surface area contributed by atoms with Crippen LogP contribution in [-0.4, -0.2) is 29.5 Å². The summed E-state index contributed by atoms with van der Waals surface area (Å²) in [5.74, 6) is 0.177. The van der Waals surface area contributed by atoms with Gasteiger partial charge < -0.3 is 10.7 Å². The van der Waals surface area contributed by atoms with E-state index < -0.39 is 9.84 Å². The van der Waals surface area contributed by atoms with E-state index in [0.717, 1.165) is 0 Å². The molecule has 6 nitrogen and oxygen atoms in total. The van der Waals surface area contributed by atoms with Crippen LogP contribution in [0.1, 0.15) is 12.5 Å². The van der Waals surface area contributed by atoms with Gasteiger partial charge in [0.05, 0.1) is 28.6 Å². The van der Waals surface area contributed by atoms with E-state index >= 15 is 0 Å². The van der Waals surface area contributed by atoms with Crippen LogP contribution in [0.2, 0.25) is 0 Å². The number of nitrogens with two attached hydrogens (primary N) is 1. The molecule has 1 aliphatic rings. The largest absolute Gasteiger partial charge is 0.399 e. The van der Waals surface area contributed by atoms with Crippen molar-refractivity contribution in [3.63, 3.8) is 0 Å². The number of benzene rings is 1. The second kappa shape index (κ2) is 3.61. The van der Waals surface area contributed by atoms with Crippen LogP contribution in [0.25, 0.3) is 11.0 Å². The van der Waals surface area contributed by atoms with Gasteiger partial charge in [0.1, 0.15) is 0 Å². The number of hydrogen-bond acceptors (Lipinski definition) is 4. The van der Waals surface area contributed by atoms with Gasteiger partial charge in [-0.25, -0.2) is 13.2 Å². The normalized spacial score (nSPS) is 22.6. The molecule has 1 atom stereocenters. The minimum absolute atomic E-state index is 0.0320. The zero-order valence-electron chi connectivity index (χ0n) is 9.59. The van der Waals surface area contributed by atoms with Crippen molar-refractivity contribution in [2.75, 3.05) is 17.2 Å². The van der Waals surface area contributed by atoms with Crippen LogP contribution in [0.5, 0.6) is 0 Å². The maximum absolute atomic E-state index is 11.9. The highest BCUT2D eigenvalue weighted by atomic mass is 32.2. The number of rotatable bonds is 1. The first-order chi connectivity index (χ1) is 8.46. The minimum atomic E-state index is -3.01. The fraction of sp³-hybridized carbons (Fsp3) is 0.364. The quantitative estimate of drug-likeness (QED) is 0.725. The van der Waals surface area contributed by atoms with Gasteiger partial charge in [-0.05, 0) is 24.6 Å². The van der Waals surface area contributed by atoms with E-state index in [1.807, 2.05) is 0 Å². The summed E-state index contributed by atoms with van der Waals surface area (Å²) in [6, 6.07) is 4.85. The molecule has 2 heterocycles. The van der Waals surface area contributed by atoms with E-state index in [4.69, 9.17) is 5.73 Å². The Kier molecular flexibility index (Phi) is 2.28. The number of H-pyrrole nitrogens is 1. The second-order valence-electron chi connectivity index (χ2n) is 4.63. The Morgan fingerprint density at radius 3 is 2.83 bits per heavy atom.